The topological polar surface area (TPSA) is 27.7 Å². The van der Waals surface area contributed by atoms with Gasteiger partial charge in [-0.15, -0.1) is 0 Å². The van der Waals surface area contributed by atoms with Crippen molar-refractivity contribution in [3.8, 4) is 17.2 Å². The smallest absolute Gasteiger partial charge is 0.130 e. The summed E-state index contributed by atoms with van der Waals surface area (Å²) in [6.07, 6.45) is 2.22. The molecule has 5 rings (SSSR count). The van der Waals surface area contributed by atoms with Crippen LogP contribution in [0.25, 0.3) is 11.6 Å². The molecule has 3 nitrogen and oxygen atoms in total. The van der Waals surface area contributed by atoms with E-state index in [1.54, 1.807) is 0 Å². The SMILES string of the molecule is CC(C)(C)[Si](C)(C)c1ccc(C2=Cc3ccc(OCc4ccccc4)cc3OC2)c(OCc2ccccc2)c1. The minimum absolute atomic E-state index is 0.234. The quantitative estimate of drug-likeness (QED) is 0.212. The molecule has 4 aromatic rings. The molecule has 1 aliphatic heterocycles. The molecule has 39 heavy (non-hydrogen) atoms. The average Bonchev–Trinajstić information content (AvgIpc) is 2.95. The summed E-state index contributed by atoms with van der Waals surface area (Å²) >= 11 is 0. The molecule has 4 heteroatoms. The van der Waals surface area contributed by atoms with Gasteiger partial charge in [-0.1, -0.05) is 112 Å². The van der Waals surface area contributed by atoms with E-state index >= 15 is 0 Å². The molecule has 0 aliphatic carbocycles. The number of ether oxygens (including phenoxy) is 3. The minimum atomic E-state index is -1.73. The van der Waals surface area contributed by atoms with E-state index in [0.717, 1.165) is 45.1 Å². The summed E-state index contributed by atoms with van der Waals surface area (Å²) in [5, 5.41) is 1.64. The fourth-order valence-corrected chi connectivity index (χ4v) is 6.45. The number of benzene rings is 4. The molecule has 1 aliphatic rings. The molecular weight excluding hydrogens is 496 g/mol. The monoisotopic (exact) mass is 534 g/mol. The first-order chi connectivity index (χ1) is 18.7. The molecule has 0 spiro atoms. The fraction of sp³-hybridized carbons (Fsp3) is 0.257. The van der Waals surface area contributed by atoms with Crippen LogP contribution in [0.5, 0.6) is 17.2 Å². The first-order valence-corrected chi connectivity index (χ1v) is 16.7. The van der Waals surface area contributed by atoms with Crippen molar-refractivity contribution in [2.75, 3.05) is 6.61 Å². The molecule has 0 bridgehead atoms. The molecule has 0 saturated carbocycles. The van der Waals surface area contributed by atoms with Crippen LogP contribution in [0.15, 0.2) is 97.1 Å². The highest BCUT2D eigenvalue weighted by atomic mass is 28.3. The van der Waals surface area contributed by atoms with Gasteiger partial charge in [0, 0.05) is 22.8 Å². The van der Waals surface area contributed by atoms with Crippen molar-refractivity contribution in [3.05, 3.63) is 119 Å². The van der Waals surface area contributed by atoms with Crippen LogP contribution in [0.4, 0.5) is 0 Å². The van der Waals surface area contributed by atoms with Gasteiger partial charge in [-0.25, -0.2) is 0 Å². The van der Waals surface area contributed by atoms with Crippen molar-refractivity contribution < 1.29 is 14.2 Å². The lowest BCUT2D eigenvalue weighted by Crippen LogP contribution is -2.49. The second kappa shape index (κ2) is 11.2. The van der Waals surface area contributed by atoms with E-state index in [2.05, 4.69) is 101 Å². The van der Waals surface area contributed by atoms with Crippen molar-refractivity contribution in [2.45, 2.75) is 52.1 Å². The maximum Gasteiger partial charge on any atom is 0.130 e. The van der Waals surface area contributed by atoms with Crippen LogP contribution >= 0.6 is 0 Å². The van der Waals surface area contributed by atoms with Crippen molar-refractivity contribution in [1.29, 1.82) is 0 Å². The van der Waals surface area contributed by atoms with Crippen LogP contribution in [0.3, 0.4) is 0 Å². The summed E-state index contributed by atoms with van der Waals surface area (Å²) < 4.78 is 18.8. The summed E-state index contributed by atoms with van der Waals surface area (Å²) in [6, 6.07) is 33.4. The highest BCUT2D eigenvalue weighted by molar-refractivity contribution is 6.92. The molecule has 0 radical (unpaired) electrons. The Bertz CT molecular complexity index is 1450. The summed E-state index contributed by atoms with van der Waals surface area (Å²) in [7, 11) is -1.73. The Morgan fingerprint density at radius 2 is 1.38 bits per heavy atom. The molecule has 0 aromatic heterocycles. The Labute approximate surface area is 234 Å². The molecule has 0 fully saturated rings. The molecule has 0 atom stereocenters. The van der Waals surface area contributed by atoms with Crippen molar-refractivity contribution >= 4 is 24.9 Å². The third-order valence-electron chi connectivity index (χ3n) is 8.11. The molecule has 4 aromatic carbocycles. The predicted octanol–water partition coefficient (Wildman–Crippen LogP) is 8.49. The van der Waals surface area contributed by atoms with E-state index in [0.29, 0.717) is 19.8 Å². The van der Waals surface area contributed by atoms with Gasteiger partial charge in [-0.05, 0) is 40.4 Å². The van der Waals surface area contributed by atoms with Crippen LogP contribution in [-0.4, -0.2) is 14.7 Å². The molecule has 1 heterocycles. The van der Waals surface area contributed by atoms with Gasteiger partial charge in [0.2, 0.25) is 0 Å². The zero-order chi connectivity index (χ0) is 27.5. The molecule has 0 N–H and O–H groups in total. The molecule has 0 unspecified atom stereocenters. The minimum Gasteiger partial charge on any atom is -0.489 e. The summed E-state index contributed by atoms with van der Waals surface area (Å²) in [5.74, 6) is 2.57. The third kappa shape index (κ3) is 6.12. The highest BCUT2D eigenvalue weighted by Gasteiger charge is 2.37. The number of hydrogen-bond donors (Lipinski definition) is 0. The zero-order valence-corrected chi connectivity index (χ0v) is 24.7. The molecule has 200 valence electrons. The second-order valence-corrected chi connectivity index (χ2v) is 17.1. The van der Waals surface area contributed by atoms with Crippen LogP contribution in [0, 0.1) is 0 Å². The molecule has 0 saturated heterocycles. The lowest BCUT2D eigenvalue weighted by atomic mass is 10.00. The van der Waals surface area contributed by atoms with Gasteiger partial charge in [0.25, 0.3) is 0 Å². The van der Waals surface area contributed by atoms with Crippen LogP contribution in [0.2, 0.25) is 18.1 Å². The second-order valence-electron chi connectivity index (χ2n) is 11.8. The van der Waals surface area contributed by atoms with Crippen LogP contribution in [-0.2, 0) is 13.2 Å². The Morgan fingerprint density at radius 3 is 2.03 bits per heavy atom. The van der Waals surface area contributed by atoms with Gasteiger partial charge in [0.1, 0.15) is 37.1 Å². The normalized spacial score (nSPS) is 13.2. The van der Waals surface area contributed by atoms with Crippen molar-refractivity contribution in [1.82, 2.24) is 0 Å². The van der Waals surface area contributed by atoms with Crippen LogP contribution in [0.1, 0.15) is 43.0 Å². The first kappa shape index (κ1) is 26.8. The van der Waals surface area contributed by atoms with E-state index in [4.69, 9.17) is 14.2 Å². The Kier molecular flexibility index (Phi) is 7.67. The third-order valence-corrected chi connectivity index (χ3v) is 13.6. The van der Waals surface area contributed by atoms with Crippen LogP contribution < -0.4 is 19.4 Å². The number of hydrogen-bond acceptors (Lipinski definition) is 3. The summed E-state index contributed by atoms with van der Waals surface area (Å²) in [6.45, 7) is 13.5. The van der Waals surface area contributed by atoms with Gasteiger partial charge < -0.3 is 14.2 Å². The lowest BCUT2D eigenvalue weighted by molar-refractivity contribution is 0.300. The summed E-state index contributed by atoms with van der Waals surface area (Å²) in [5.41, 5.74) is 5.55. The largest absolute Gasteiger partial charge is 0.489 e. The fourth-order valence-electron chi connectivity index (χ4n) is 4.59. The Morgan fingerprint density at radius 1 is 0.744 bits per heavy atom. The first-order valence-electron chi connectivity index (χ1n) is 13.7. The van der Waals surface area contributed by atoms with E-state index < -0.39 is 8.07 Å². The van der Waals surface area contributed by atoms with Gasteiger partial charge in [0.15, 0.2) is 0 Å². The van der Waals surface area contributed by atoms with E-state index in [1.807, 2.05) is 36.4 Å². The highest BCUT2D eigenvalue weighted by Crippen LogP contribution is 2.39. The van der Waals surface area contributed by atoms with Gasteiger partial charge in [-0.3, -0.25) is 0 Å². The predicted molar refractivity (Wildman–Crippen MR) is 165 cm³/mol. The molecular formula is C35H38O3Si. The van der Waals surface area contributed by atoms with Gasteiger partial charge >= 0.3 is 0 Å². The number of rotatable bonds is 8. The van der Waals surface area contributed by atoms with E-state index in [1.165, 1.54) is 5.19 Å². The van der Waals surface area contributed by atoms with Crippen molar-refractivity contribution in [2.24, 2.45) is 0 Å². The summed E-state index contributed by atoms with van der Waals surface area (Å²) in [4.78, 5) is 0. The van der Waals surface area contributed by atoms with E-state index in [9.17, 15) is 0 Å². The maximum absolute atomic E-state index is 6.51. The Balaban J connectivity index is 1.43. The van der Waals surface area contributed by atoms with Gasteiger partial charge in [-0.2, -0.15) is 0 Å². The standard InChI is InChI=1S/C35H38O3Si/c1-35(2,3)39(4,5)31-18-19-32(34(22-31)37-24-27-14-10-7-11-15-27)29-20-28-16-17-30(21-33(28)38-25-29)36-23-26-12-8-6-9-13-26/h6-22H,23-25H2,1-5H3. The maximum atomic E-state index is 6.51. The number of fused-ring (bicyclic) bond motifs is 1. The van der Waals surface area contributed by atoms with Gasteiger partial charge in [0.05, 0.1) is 8.07 Å². The van der Waals surface area contributed by atoms with Crippen molar-refractivity contribution in [3.63, 3.8) is 0 Å². The average molecular weight is 535 g/mol. The van der Waals surface area contributed by atoms with E-state index in [-0.39, 0.29) is 5.04 Å². The lowest BCUT2D eigenvalue weighted by Gasteiger charge is -2.37. The Hall–Kier alpha value is -3.76. The molecule has 0 amide bonds. The zero-order valence-electron chi connectivity index (χ0n) is 23.7.